The number of nitrogens with one attached hydrogen (secondary N) is 2. The van der Waals surface area contributed by atoms with Crippen molar-refractivity contribution >= 4 is 29.6 Å². The van der Waals surface area contributed by atoms with Gasteiger partial charge in [-0.05, 0) is 76.8 Å². The molecule has 0 radical (unpaired) electrons. The van der Waals surface area contributed by atoms with Crippen molar-refractivity contribution in [3.63, 3.8) is 0 Å². The SMILES string of the molecule is CC(C)NC(=O)CN1Cc2c(cccc2OCCCC(=O)N(C2CCCCC2)C2CCCCC2)N=C1NC(=O)OCC1CCCCC1. The topological polar surface area (TPSA) is 113 Å². The minimum absolute atomic E-state index is 0.0119. The van der Waals surface area contributed by atoms with Crippen molar-refractivity contribution < 1.29 is 23.9 Å². The van der Waals surface area contributed by atoms with Crippen LogP contribution in [0, 0.1) is 5.92 Å². The van der Waals surface area contributed by atoms with Gasteiger partial charge in [-0.2, -0.15) is 0 Å². The number of rotatable bonds is 12. The Morgan fingerprint density at radius 1 is 0.915 bits per heavy atom. The van der Waals surface area contributed by atoms with E-state index in [-0.39, 0.29) is 24.4 Å². The van der Waals surface area contributed by atoms with Gasteiger partial charge < -0.3 is 24.6 Å². The molecule has 0 spiro atoms. The lowest BCUT2D eigenvalue weighted by molar-refractivity contribution is -0.138. The Bertz CT molecular complexity index is 1200. The quantitative estimate of drug-likeness (QED) is 0.236. The van der Waals surface area contributed by atoms with Gasteiger partial charge in [0.25, 0.3) is 0 Å². The third kappa shape index (κ3) is 10.3. The van der Waals surface area contributed by atoms with Crippen molar-refractivity contribution in [1.82, 2.24) is 20.4 Å². The maximum absolute atomic E-state index is 13.6. The summed E-state index contributed by atoms with van der Waals surface area (Å²) in [6, 6.07) is 6.46. The molecule has 3 aliphatic carbocycles. The molecule has 260 valence electrons. The fourth-order valence-corrected chi connectivity index (χ4v) is 7.82. The molecule has 3 fully saturated rings. The second kappa shape index (κ2) is 17.7. The van der Waals surface area contributed by atoms with Gasteiger partial charge >= 0.3 is 6.09 Å². The van der Waals surface area contributed by atoms with Crippen LogP contribution in [0.5, 0.6) is 5.75 Å². The summed E-state index contributed by atoms with van der Waals surface area (Å²) in [5, 5.41) is 5.74. The van der Waals surface area contributed by atoms with Gasteiger partial charge in [0.15, 0.2) is 0 Å². The van der Waals surface area contributed by atoms with Crippen LogP contribution in [0.3, 0.4) is 0 Å². The fourth-order valence-electron chi connectivity index (χ4n) is 7.82. The van der Waals surface area contributed by atoms with E-state index in [1.807, 2.05) is 32.0 Å². The van der Waals surface area contributed by atoms with Gasteiger partial charge in [-0.15, -0.1) is 0 Å². The lowest BCUT2D eigenvalue weighted by Gasteiger charge is -2.42. The molecule has 1 aromatic carbocycles. The van der Waals surface area contributed by atoms with Gasteiger partial charge in [0.1, 0.15) is 12.3 Å². The van der Waals surface area contributed by atoms with Crippen molar-refractivity contribution in [3.8, 4) is 5.75 Å². The molecule has 4 aliphatic rings. The number of hydrogen-bond acceptors (Lipinski definition) is 7. The number of amides is 3. The molecule has 0 bridgehead atoms. The Labute approximate surface area is 281 Å². The summed E-state index contributed by atoms with van der Waals surface area (Å²) in [7, 11) is 0. The zero-order chi connectivity index (χ0) is 33.0. The lowest BCUT2D eigenvalue weighted by atomic mass is 9.88. The molecule has 0 saturated heterocycles. The summed E-state index contributed by atoms with van der Waals surface area (Å²) in [5.41, 5.74) is 1.53. The van der Waals surface area contributed by atoms with Gasteiger partial charge in [-0.3, -0.25) is 14.9 Å². The van der Waals surface area contributed by atoms with Crippen LogP contribution >= 0.6 is 0 Å². The lowest BCUT2D eigenvalue weighted by Crippen LogP contribution is -2.49. The number of benzene rings is 1. The van der Waals surface area contributed by atoms with Crippen LogP contribution in [0.2, 0.25) is 0 Å². The molecule has 3 amide bonds. The van der Waals surface area contributed by atoms with Crippen molar-refractivity contribution in [2.24, 2.45) is 10.9 Å². The Kier molecular flexibility index (Phi) is 13.2. The van der Waals surface area contributed by atoms with Crippen LogP contribution in [0.1, 0.15) is 129 Å². The average Bonchev–Trinajstić information content (AvgIpc) is 3.07. The highest BCUT2D eigenvalue weighted by Gasteiger charge is 2.32. The third-order valence-electron chi connectivity index (χ3n) is 10.2. The van der Waals surface area contributed by atoms with E-state index < -0.39 is 6.09 Å². The van der Waals surface area contributed by atoms with Crippen molar-refractivity contribution in [2.45, 2.75) is 148 Å². The number of nitrogens with zero attached hydrogens (tertiary/aromatic N) is 3. The average molecular weight is 652 g/mol. The van der Waals surface area contributed by atoms with E-state index in [2.05, 4.69) is 15.5 Å². The number of carbonyl (C=O) groups excluding carboxylic acids is 3. The first kappa shape index (κ1) is 35.0. The van der Waals surface area contributed by atoms with E-state index in [4.69, 9.17) is 14.5 Å². The second-order valence-electron chi connectivity index (χ2n) is 14.3. The minimum Gasteiger partial charge on any atom is -0.493 e. The third-order valence-corrected chi connectivity index (χ3v) is 10.2. The summed E-state index contributed by atoms with van der Waals surface area (Å²) in [6.07, 6.45) is 18.3. The molecular formula is C37H57N5O5. The molecule has 1 heterocycles. The first-order chi connectivity index (χ1) is 22.9. The molecule has 10 nitrogen and oxygen atoms in total. The van der Waals surface area contributed by atoms with Crippen LogP contribution in [0.15, 0.2) is 23.2 Å². The molecular weight excluding hydrogens is 594 g/mol. The first-order valence-corrected chi connectivity index (χ1v) is 18.5. The van der Waals surface area contributed by atoms with Crippen LogP contribution in [-0.2, 0) is 20.9 Å². The number of fused-ring (bicyclic) bond motifs is 1. The van der Waals surface area contributed by atoms with Gasteiger partial charge in [0.2, 0.25) is 17.8 Å². The molecule has 5 rings (SSSR count). The van der Waals surface area contributed by atoms with E-state index in [9.17, 15) is 14.4 Å². The summed E-state index contributed by atoms with van der Waals surface area (Å²) in [4.78, 5) is 48.1. The monoisotopic (exact) mass is 651 g/mol. The molecule has 1 aliphatic heterocycles. The second-order valence-corrected chi connectivity index (χ2v) is 14.3. The largest absolute Gasteiger partial charge is 0.493 e. The highest BCUT2D eigenvalue weighted by Crippen LogP contribution is 2.34. The number of hydrogen-bond donors (Lipinski definition) is 2. The normalized spacial score (nSPS) is 19.5. The van der Waals surface area contributed by atoms with E-state index >= 15 is 0 Å². The smallest absolute Gasteiger partial charge is 0.413 e. The summed E-state index contributed by atoms with van der Waals surface area (Å²) in [5.74, 6) is 1.49. The predicted molar refractivity (Wildman–Crippen MR) is 184 cm³/mol. The van der Waals surface area contributed by atoms with Gasteiger partial charge in [0.05, 0.1) is 25.4 Å². The van der Waals surface area contributed by atoms with Gasteiger partial charge in [0, 0.05) is 30.1 Å². The summed E-state index contributed by atoms with van der Waals surface area (Å²) >= 11 is 0. The molecule has 3 saturated carbocycles. The Morgan fingerprint density at radius 3 is 2.19 bits per heavy atom. The van der Waals surface area contributed by atoms with Crippen molar-refractivity contribution in [1.29, 1.82) is 0 Å². The number of alkyl carbamates (subject to hydrolysis) is 1. The van der Waals surface area contributed by atoms with E-state index in [0.29, 0.717) is 68.0 Å². The highest BCUT2D eigenvalue weighted by atomic mass is 16.5. The number of guanidine groups is 1. The van der Waals surface area contributed by atoms with Crippen LogP contribution in [0.25, 0.3) is 0 Å². The minimum atomic E-state index is -0.556. The van der Waals surface area contributed by atoms with Crippen LogP contribution in [0.4, 0.5) is 10.5 Å². The standard InChI is InChI=1S/C37H57N5O5/c1-27(2)38-34(43)25-41-24-31-32(39-36(41)40-37(45)47-26-28-14-6-3-7-15-28)20-12-21-33(31)46-23-13-22-35(44)42(29-16-8-4-9-17-29)30-18-10-5-11-19-30/h12,20-21,27-30H,3-11,13-19,22-26H2,1-2H3,(H,38,43)(H,39,40,45). The van der Waals surface area contributed by atoms with Crippen LogP contribution in [-0.4, -0.2) is 71.6 Å². The first-order valence-electron chi connectivity index (χ1n) is 18.5. The molecule has 0 aromatic heterocycles. The molecule has 1 aromatic rings. The Balaban J connectivity index is 1.21. The zero-order valence-electron chi connectivity index (χ0n) is 28.8. The van der Waals surface area contributed by atoms with E-state index in [1.165, 1.54) is 57.8 Å². The molecule has 47 heavy (non-hydrogen) atoms. The van der Waals surface area contributed by atoms with Crippen molar-refractivity contribution in [3.05, 3.63) is 23.8 Å². The van der Waals surface area contributed by atoms with E-state index in [0.717, 1.165) is 44.1 Å². The zero-order valence-corrected chi connectivity index (χ0v) is 28.8. The molecule has 0 atom stereocenters. The Morgan fingerprint density at radius 2 is 1.55 bits per heavy atom. The summed E-state index contributed by atoms with van der Waals surface area (Å²) in [6.45, 7) is 5.01. The number of carbonyl (C=O) groups is 3. The van der Waals surface area contributed by atoms with Gasteiger partial charge in [-0.25, -0.2) is 9.79 Å². The predicted octanol–water partition coefficient (Wildman–Crippen LogP) is 6.97. The number of aliphatic imine (C=N–C) groups is 1. The van der Waals surface area contributed by atoms with Crippen molar-refractivity contribution in [2.75, 3.05) is 19.8 Å². The van der Waals surface area contributed by atoms with Crippen LogP contribution < -0.4 is 15.4 Å². The molecule has 2 N–H and O–H groups in total. The molecule has 0 unspecified atom stereocenters. The fraction of sp³-hybridized carbons (Fsp3) is 0.730. The Hall–Kier alpha value is -3.30. The molecule has 10 heteroatoms. The highest BCUT2D eigenvalue weighted by molar-refractivity contribution is 5.98. The maximum atomic E-state index is 13.6. The van der Waals surface area contributed by atoms with E-state index in [1.54, 1.807) is 4.90 Å². The van der Waals surface area contributed by atoms with Gasteiger partial charge in [-0.1, -0.05) is 63.9 Å². The maximum Gasteiger partial charge on any atom is 0.413 e. The summed E-state index contributed by atoms with van der Waals surface area (Å²) < 4.78 is 11.9. The number of ether oxygens (including phenoxy) is 2.